The highest BCUT2D eigenvalue weighted by Gasteiger charge is 2.22. The van der Waals surface area contributed by atoms with E-state index < -0.39 is 0 Å². The third-order valence-electron chi connectivity index (χ3n) is 4.00. The summed E-state index contributed by atoms with van der Waals surface area (Å²) in [5, 5.41) is 3.05. The van der Waals surface area contributed by atoms with Crippen molar-refractivity contribution in [2.24, 2.45) is 11.7 Å². The Bertz CT molecular complexity index is 480. The highest BCUT2D eigenvalue weighted by Crippen LogP contribution is 2.26. The van der Waals surface area contributed by atoms with Gasteiger partial charge in [0, 0.05) is 17.8 Å². The first-order valence-electron chi connectivity index (χ1n) is 7.14. The third-order valence-corrected chi connectivity index (χ3v) is 4.23. The number of thiocarbonyl (C=S) groups is 1. The van der Waals surface area contributed by atoms with Crippen LogP contribution in [-0.2, 0) is 0 Å². The van der Waals surface area contributed by atoms with Crippen LogP contribution in [0.1, 0.15) is 55.1 Å². The number of rotatable bonds is 4. The zero-order valence-electron chi connectivity index (χ0n) is 11.8. The van der Waals surface area contributed by atoms with Crippen LogP contribution in [0.4, 0.5) is 0 Å². The topological polar surface area (TPSA) is 68.0 Å². The Morgan fingerprint density at radius 2 is 2.10 bits per heavy atom. The summed E-state index contributed by atoms with van der Waals surface area (Å²) in [6.07, 6.45) is 7.81. The fraction of sp³-hybridized carbons (Fsp3) is 0.533. The summed E-state index contributed by atoms with van der Waals surface area (Å²) in [5.74, 6) is 0.459. The molecule has 1 aliphatic rings. The molecule has 5 heteroatoms. The molecule has 2 rings (SSSR count). The van der Waals surface area contributed by atoms with Crippen molar-refractivity contribution in [1.29, 1.82) is 0 Å². The zero-order chi connectivity index (χ0) is 14.5. The van der Waals surface area contributed by atoms with Crippen LogP contribution in [0.25, 0.3) is 0 Å². The van der Waals surface area contributed by atoms with Crippen molar-refractivity contribution in [3.8, 4) is 0 Å². The van der Waals surface area contributed by atoms with E-state index in [1.807, 2.05) is 0 Å². The minimum Gasteiger partial charge on any atom is -0.389 e. The number of hydrogen-bond acceptors (Lipinski definition) is 3. The van der Waals surface area contributed by atoms with E-state index in [1.54, 1.807) is 18.3 Å². The van der Waals surface area contributed by atoms with Crippen molar-refractivity contribution in [3.05, 3.63) is 29.6 Å². The second-order valence-corrected chi connectivity index (χ2v) is 5.90. The lowest BCUT2D eigenvalue weighted by Gasteiger charge is -2.28. The second kappa shape index (κ2) is 6.79. The maximum Gasteiger partial charge on any atom is 0.270 e. The second-order valence-electron chi connectivity index (χ2n) is 5.46. The van der Waals surface area contributed by atoms with E-state index in [0.29, 0.717) is 22.2 Å². The standard InChI is InChI=1S/C15H21N3OS/c1-10(11-5-3-2-4-6-11)18-15(19)13-8-7-12(9-17-13)14(16)20/h7-11H,2-6H2,1H3,(H2,16,20)(H,18,19). The highest BCUT2D eigenvalue weighted by molar-refractivity contribution is 7.80. The number of nitrogens with one attached hydrogen (secondary N) is 1. The minimum atomic E-state index is -0.127. The molecule has 0 aromatic carbocycles. The third kappa shape index (κ3) is 3.76. The van der Waals surface area contributed by atoms with Crippen LogP contribution in [-0.4, -0.2) is 21.9 Å². The SMILES string of the molecule is CC(NC(=O)c1ccc(C(N)=S)cn1)C1CCCCC1. The zero-order valence-corrected chi connectivity index (χ0v) is 12.6. The van der Waals surface area contributed by atoms with Crippen molar-refractivity contribution in [2.75, 3.05) is 0 Å². The van der Waals surface area contributed by atoms with Crippen molar-refractivity contribution >= 4 is 23.1 Å². The summed E-state index contributed by atoms with van der Waals surface area (Å²) < 4.78 is 0. The first-order chi connectivity index (χ1) is 9.58. The average molecular weight is 291 g/mol. The molecule has 0 aliphatic heterocycles. The Balaban J connectivity index is 1.95. The molecule has 4 nitrogen and oxygen atoms in total. The van der Waals surface area contributed by atoms with E-state index in [2.05, 4.69) is 17.2 Å². The number of carbonyl (C=O) groups excluding carboxylic acids is 1. The van der Waals surface area contributed by atoms with E-state index in [9.17, 15) is 4.79 Å². The Hall–Kier alpha value is -1.49. The van der Waals surface area contributed by atoms with Crippen molar-refractivity contribution in [1.82, 2.24) is 10.3 Å². The Morgan fingerprint density at radius 1 is 1.40 bits per heavy atom. The highest BCUT2D eigenvalue weighted by atomic mass is 32.1. The molecule has 108 valence electrons. The fourth-order valence-corrected chi connectivity index (χ4v) is 2.83. The number of aromatic nitrogens is 1. The van der Waals surface area contributed by atoms with E-state index in [4.69, 9.17) is 18.0 Å². The Morgan fingerprint density at radius 3 is 2.65 bits per heavy atom. The number of pyridine rings is 1. The van der Waals surface area contributed by atoms with Crippen LogP contribution in [0.3, 0.4) is 0 Å². The minimum absolute atomic E-state index is 0.127. The number of amides is 1. The maximum atomic E-state index is 12.1. The summed E-state index contributed by atoms with van der Waals surface area (Å²) in [5.41, 5.74) is 6.60. The molecule has 0 saturated heterocycles. The summed E-state index contributed by atoms with van der Waals surface area (Å²) in [6, 6.07) is 3.59. The molecule has 0 spiro atoms. The Labute approximate surface area is 125 Å². The van der Waals surface area contributed by atoms with Crippen LogP contribution in [0.5, 0.6) is 0 Å². The normalized spacial score (nSPS) is 17.4. The molecule has 1 aliphatic carbocycles. The molecule has 1 saturated carbocycles. The number of nitrogens with two attached hydrogens (primary N) is 1. The largest absolute Gasteiger partial charge is 0.389 e. The number of carbonyl (C=O) groups is 1. The quantitative estimate of drug-likeness (QED) is 0.836. The van der Waals surface area contributed by atoms with Crippen LogP contribution in [0.15, 0.2) is 18.3 Å². The van der Waals surface area contributed by atoms with E-state index in [0.717, 1.165) is 0 Å². The fourth-order valence-electron chi connectivity index (χ4n) is 2.71. The predicted molar refractivity (Wildman–Crippen MR) is 83.6 cm³/mol. The summed E-state index contributed by atoms with van der Waals surface area (Å²) in [4.78, 5) is 16.6. The van der Waals surface area contributed by atoms with Gasteiger partial charge in [-0.15, -0.1) is 0 Å². The molecule has 1 aromatic rings. The Kier molecular flexibility index (Phi) is 5.06. The maximum absolute atomic E-state index is 12.1. The molecule has 20 heavy (non-hydrogen) atoms. The van der Waals surface area contributed by atoms with Gasteiger partial charge in [-0.2, -0.15) is 0 Å². The lowest BCUT2D eigenvalue weighted by molar-refractivity contribution is 0.0914. The van der Waals surface area contributed by atoms with Gasteiger partial charge in [0.15, 0.2) is 0 Å². The molecule has 1 unspecified atom stereocenters. The molecule has 1 heterocycles. The summed E-state index contributed by atoms with van der Waals surface area (Å²) in [6.45, 7) is 2.08. The van der Waals surface area contributed by atoms with Gasteiger partial charge < -0.3 is 11.1 Å². The van der Waals surface area contributed by atoms with E-state index in [1.165, 1.54) is 32.1 Å². The van der Waals surface area contributed by atoms with Gasteiger partial charge in [0.2, 0.25) is 0 Å². The van der Waals surface area contributed by atoms with Gasteiger partial charge in [0.1, 0.15) is 10.7 Å². The van der Waals surface area contributed by atoms with Gasteiger partial charge in [0.05, 0.1) is 0 Å². The first-order valence-corrected chi connectivity index (χ1v) is 7.55. The van der Waals surface area contributed by atoms with Gasteiger partial charge in [0.25, 0.3) is 5.91 Å². The van der Waals surface area contributed by atoms with E-state index in [-0.39, 0.29) is 11.9 Å². The summed E-state index contributed by atoms with van der Waals surface area (Å²) >= 11 is 4.86. The molecular formula is C15H21N3OS. The first kappa shape index (κ1) is 14.9. The molecule has 1 aromatic heterocycles. The summed E-state index contributed by atoms with van der Waals surface area (Å²) in [7, 11) is 0. The molecule has 0 radical (unpaired) electrons. The van der Waals surface area contributed by atoms with Crippen molar-refractivity contribution in [3.63, 3.8) is 0 Å². The molecule has 3 N–H and O–H groups in total. The lowest BCUT2D eigenvalue weighted by atomic mass is 9.84. The molecular weight excluding hydrogens is 270 g/mol. The van der Waals surface area contributed by atoms with Crippen molar-refractivity contribution in [2.45, 2.75) is 45.1 Å². The lowest BCUT2D eigenvalue weighted by Crippen LogP contribution is -2.39. The van der Waals surface area contributed by atoms with Crippen LogP contribution in [0, 0.1) is 5.92 Å². The van der Waals surface area contributed by atoms with Gasteiger partial charge in [-0.05, 0) is 37.8 Å². The van der Waals surface area contributed by atoms with Gasteiger partial charge in [-0.25, -0.2) is 0 Å². The van der Waals surface area contributed by atoms with Crippen molar-refractivity contribution < 1.29 is 4.79 Å². The molecule has 1 atom stereocenters. The van der Waals surface area contributed by atoms with Crippen LogP contribution < -0.4 is 11.1 Å². The predicted octanol–water partition coefficient (Wildman–Crippen LogP) is 2.41. The number of hydrogen-bond donors (Lipinski definition) is 2. The van der Waals surface area contributed by atoms with Gasteiger partial charge in [-0.3, -0.25) is 9.78 Å². The number of nitrogens with zero attached hydrogens (tertiary/aromatic N) is 1. The van der Waals surface area contributed by atoms with Crippen LogP contribution in [0.2, 0.25) is 0 Å². The van der Waals surface area contributed by atoms with E-state index >= 15 is 0 Å². The molecule has 1 fully saturated rings. The van der Waals surface area contributed by atoms with Gasteiger partial charge >= 0.3 is 0 Å². The van der Waals surface area contributed by atoms with Crippen LogP contribution >= 0.6 is 12.2 Å². The molecule has 0 bridgehead atoms. The molecule has 1 amide bonds. The van der Waals surface area contributed by atoms with Gasteiger partial charge in [-0.1, -0.05) is 31.5 Å². The smallest absolute Gasteiger partial charge is 0.270 e. The average Bonchev–Trinajstić information content (AvgIpc) is 2.48. The monoisotopic (exact) mass is 291 g/mol.